The number of rotatable bonds is 6. The zero-order valence-corrected chi connectivity index (χ0v) is 9.47. The van der Waals surface area contributed by atoms with E-state index in [9.17, 15) is 9.59 Å². The Hall–Kier alpha value is -0.710. The van der Waals surface area contributed by atoms with Crippen LogP contribution in [0.25, 0.3) is 0 Å². The average molecular weight is 219 g/mol. The molecule has 5 heteroatoms. The minimum Gasteiger partial charge on any atom is -0.481 e. The van der Waals surface area contributed by atoms with Gasteiger partial charge in [0.25, 0.3) is 5.24 Å². The predicted molar refractivity (Wildman–Crippen MR) is 57.6 cm³/mol. The minimum absolute atomic E-state index is 0.129. The Morgan fingerprint density at radius 2 is 1.71 bits per heavy atom. The van der Waals surface area contributed by atoms with Crippen LogP contribution in [-0.2, 0) is 4.79 Å². The SMILES string of the molecule is CCCN(CCC)C(=O)SCC(=O)O. The quantitative estimate of drug-likeness (QED) is 0.742. The Bertz CT molecular complexity index is 190. The van der Waals surface area contributed by atoms with E-state index in [4.69, 9.17) is 5.11 Å². The number of thioether (sulfide) groups is 1. The molecular formula is C9H17NO3S. The Morgan fingerprint density at radius 3 is 2.07 bits per heavy atom. The van der Waals surface area contributed by atoms with Crippen molar-refractivity contribution in [3.63, 3.8) is 0 Å². The molecule has 0 aliphatic rings. The fraction of sp³-hybridized carbons (Fsp3) is 0.778. The second-order valence-electron chi connectivity index (χ2n) is 2.94. The lowest BCUT2D eigenvalue weighted by Crippen LogP contribution is -2.29. The van der Waals surface area contributed by atoms with Gasteiger partial charge >= 0.3 is 5.97 Å². The van der Waals surface area contributed by atoms with Crippen molar-refractivity contribution in [1.82, 2.24) is 4.90 Å². The van der Waals surface area contributed by atoms with Gasteiger partial charge in [-0.05, 0) is 12.8 Å². The first-order chi connectivity index (χ1) is 6.61. The molecule has 0 radical (unpaired) electrons. The second kappa shape index (κ2) is 7.67. The van der Waals surface area contributed by atoms with E-state index in [1.54, 1.807) is 4.90 Å². The van der Waals surface area contributed by atoms with Crippen LogP contribution in [0.15, 0.2) is 0 Å². The van der Waals surface area contributed by atoms with Crippen LogP contribution in [0, 0.1) is 0 Å². The third-order valence-electron chi connectivity index (χ3n) is 1.56. The number of nitrogens with zero attached hydrogens (tertiary/aromatic N) is 1. The maximum atomic E-state index is 11.5. The molecule has 0 atom stereocenters. The average Bonchev–Trinajstić information content (AvgIpc) is 2.14. The van der Waals surface area contributed by atoms with Crippen molar-refractivity contribution in [1.29, 1.82) is 0 Å². The number of carbonyl (C=O) groups excluding carboxylic acids is 1. The number of carbonyl (C=O) groups is 2. The summed E-state index contributed by atoms with van der Waals surface area (Å²) in [5.74, 6) is -1.10. The van der Waals surface area contributed by atoms with Gasteiger partial charge in [-0.1, -0.05) is 25.6 Å². The van der Waals surface area contributed by atoms with Gasteiger partial charge in [-0.15, -0.1) is 0 Å². The highest BCUT2D eigenvalue weighted by molar-refractivity contribution is 8.14. The zero-order chi connectivity index (χ0) is 11.0. The molecule has 4 nitrogen and oxygen atoms in total. The number of aliphatic carboxylic acids is 1. The number of hydrogen-bond acceptors (Lipinski definition) is 3. The number of hydrogen-bond donors (Lipinski definition) is 1. The molecule has 0 aromatic carbocycles. The molecule has 1 amide bonds. The first kappa shape index (κ1) is 13.3. The summed E-state index contributed by atoms with van der Waals surface area (Å²) >= 11 is 0.860. The third-order valence-corrected chi connectivity index (χ3v) is 2.46. The van der Waals surface area contributed by atoms with Crippen LogP contribution in [0.2, 0.25) is 0 Å². The normalized spacial score (nSPS) is 9.86. The standard InChI is InChI=1S/C9H17NO3S/c1-3-5-10(6-4-2)9(13)14-7-8(11)12/h3-7H2,1-2H3,(H,11,12). The molecule has 0 aromatic heterocycles. The fourth-order valence-corrected chi connectivity index (χ4v) is 1.66. The van der Waals surface area contributed by atoms with E-state index < -0.39 is 5.97 Å². The summed E-state index contributed by atoms with van der Waals surface area (Å²) in [6.07, 6.45) is 1.80. The third kappa shape index (κ3) is 5.85. The molecule has 0 aliphatic carbocycles. The highest BCUT2D eigenvalue weighted by Gasteiger charge is 2.13. The molecule has 0 fully saturated rings. The van der Waals surface area contributed by atoms with Crippen LogP contribution in [0.3, 0.4) is 0 Å². The fourth-order valence-electron chi connectivity index (χ4n) is 1.05. The van der Waals surface area contributed by atoms with Crippen LogP contribution >= 0.6 is 11.8 Å². The minimum atomic E-state index is -0.948. The van der Waals surface area contributed by atoms with E-state index in [0.717, 1.165) is 24.6 Å². The van der Waals surface area contributed by atoms with Gasteiger partial charge in [-0.3, -0.25) is 9.59 Å². The lowest BCUT2D eigenvalue weighted by molar-refractivity contribution is -0.133. The van der Waals surface area contributed by atoms with Crippen LogP contribution in [-0.4, -0.2) is 40.1 Å². The van der Waals surface area contributed by atoms with Gasteiger partial charge in [-0.2, -0.15) is 0 Å². The zero-order valence-electron chi connectivity index (χ0n) is 8.65. The second-order valence-corrected chi connectivity index (χ2v) is 3.86. The predicted octanol–water partition coefficient (Wildman–Crippen LogP) is 2.05. The Labute approximate surface area is 88.7 Å². The maximum absolute atomic E-state index is 11.5. The summed E-state index contributed by atoms with van der Waals surface area (Å²) in [5, 5.41) is 8.28. The summed E-state index contributed by atoms with van der Waals surface area (Å²) in [6.45, 7) is 5.41. The number of amides is 1. The van der Waals surface area contributed by atoms with E-state index in [1.165, 1.54) is 0 Å². The van der Waals surface area contributed by atoms with Gasteiger partial charge in [0, 0.05) is 13.1 Å². The van der Waals surface area contributed by atoms with Crippen molar-refractivity contribution >= 4 is 23.0 Å². The van der Waals surface area contributed by atoms with E-state index in [2.05, 4.69) is 0 Å². The Balaban J connectivity index is 3.94. The van der Waals surface area contributed by atoms with E-state index in [-0.39, 0.29) is 11.0 Å². The smallest absolute Gasteiger partial charge is 0.314 e. The number of carboxylic acids is 1. The van der Waals surface area contributed by atoms with Gasteiger partial charge in [0.2, 0.25) is 0 Å². The van der Waals surface area contributed by atoms with Gasteiger partial charge < -0.3 is 10.0 Å². The molecule has 0 heterocycles. The maximum Gasteiger partial charge on any atom is 0.314 e. The van der Waals surface area contributed by atoms with Crippen LogP contribution < -0.4 is 0 Å². The van der Waals surface area contributed by atoms with Crippen molar-refractivity contribution in [2.75, 3.05) is 18.8 Å². The van der Waals surface area contributed by atoms with Crippen molar-refractivity contribution < 1.29 is 14.7 Å². The van der Waals surface area contributed by atoms with E-state index in [0.29, 0.717) is 13.1 Å². The van der Waals surface area contributed by atoms with Crippen molar-refractivity contribution in [3.05, 3.63) is 0 Å². The lowest BCUT2D eigenvalue weighted by Gasteiger charge is -2.20. The summed E-state index contributed by atoms with van der Waals surface area (Å²) in [6, 6.07) is 0. The molecule has 14 heavy (non-hydrogen) atoms. The molecular weight excluding hydrogens is 202 g/mol. The van der Waals surface area contributed by atoms with Crippen molar-refractivity contribution in [3.8, 4) is 0 Å². The summed E-state index contributed by atoms with van der Waals surface area (Å²) in [7, 11) is 0. The molecule has 82 valence electrons. The van der Waals surface area contributed by atoms with Gasteiger partial charge in [0.15, 0.2) is 0 Å². The first-order valence-electron chi connectivity index (χ1n) is 4.75. The van der Waals surface area contributed by atoms with Gasteiger partial charge in [-0.25, -0.2) is 0 Å². The van der Waals surface area contributed by atoms with Crippen LogP contribution in [0.5, 0.6) is 0 Å². The molecule has 0 unspecified atom stereocenters. The van der Waals surface area contributed by atoms with Crippen LogP contribution in [0.1, 0.15) is 26.7 Å². The lowest BCUT2D eigenvalue weighted by atomic mass is 10.4. The summed E-state index contributed by atoms with van der Waals surface area (Å²) in [5.41, 5.74) is 0. The molecule has 0 saturated heterocycles. The van der Waals surface area contributed by atoms with Gasteiger partial charge in [0.05, 0.1) is 0 Å². The largest absolute Gasteiger partial charge is 0.481 e. The topological polar surface area (TPSA) is 57.6 Å². The molecule has 0 spiro atoms. The molecule has 1 N–H and O–H groups in total. The van der Waals surface area contributed by atoms with Crippen molar-refractivity contribution in [2.24, 2.45) is 0 Å². The van der Waals surface area contributed by atoms with E-state index in [1.807, 2.05) is 13.8 Å². The Kier molecular flexibility index (Phi) is 7.28. The Morgan fingerprint density at radius 1 is 1.21 bits per heavy atom. The summed E-state index contributed by atoms with van der Waals surface area (Å²) < 4.78 is 0. The molecule has 0 aromatic rings. The highest BCUT2D eigenvalue weighted by Crippen LogP contribution is 2.09. The van der Waals surface area contributed by atoms with Crippen LogP contribution in [0.4, 0.5) is 4.79 Å². The van der Waals surface area contributed by atoms with Gasteiger partial charge in [0.1, 0.15) is 5.75 Å². The first-order valence-corrected chi connectivity index (χ1v) is 5.73. The highest BCUT2D eigenvalue weighted by atomic mass is 32.2. The molecule has 0 bridgehead atoms. The summed E-state index contributed by atoms with van der Waals surface area (Å²) in [4.78, 5) is 23.4. The van der Waals surface area contributed by atoms with E-state index >= 15 is 0 Å². The molecule has 0 saturated carbocycles. The molecule has 0 aliphatic heterocycles. The number of carboxylic acid groups (broad SMARTS) is 1. The van der Waals surface area contributed by atoms with Crippen molar-refractivity contribution in [2.45, 2.75) is 26.7 Å². The molecule has 0 rings (SSSR count). The monoisotopic (exact) mass is 219 g/mol.